The molecule has 1 aliphatic heterocycles. The Morgan fingerprint density at radius 3 is 2.19 bits per heavy atom. The van der Waals surface area contributed by atoms with E-state index in [0.29, 0.717) is 31.5 Å². The normalized spacial score (nSPS) is 16.0. The SMILES string of the molecule is COc1ccc(C(=O)C2CCN(C(=O)C(N)c3ccc(C)cc3)CC2)cc1. The Morgan fingerprint density at radius 2 is 1.63 bits per heavy atom. The zero-order valence-electron chi connectivity index (χ0n) is 15.9. The molecule has 2 aromatic carbocycles. The highest BCUT2D eigenvalue weighted by molar-refractivity contribution is 5.98. The topological polar surface area (TPSA) is 72.6 Å². The van der Waals surface area contributed by atoms with Crippen LogP contribution >= 0.6 is 0 Å². The molecule has 1 aliphatic rings. The van der Waals surface area contributed by atoms with Gasteiger partial charge in [0.15, 0.2) is 5.78 Å². The van der Waals surface area contributed by atoms with E-state index in [2.05, 4.69) is 0 Å². The molecule has 0 aromatic heterocycles. The van der Waals surface area contributed by atoms with E-state index in [1.54, 1.807) is 36.3 Å². The van der Waals surface area contributed by atoms with Gasteiger partial charge in [0, 0.05) is 24.6 Å². The van der Waals surface area contributed by atoms with Crippen molar-refractivity contribution < 1.29 is 14.3 Å². The molecule has 0 saturated carbocycles. The van der Waals surface area contributed by atoms with Crippen LogP contribution in [0.4, 0.5) is 0 Å². The highest BCUT2D eigenvalue weighted by Crippen LogP contribution is 2.25. The van der Waals surface area contributed by atoms with Crippen molar-refractivity contribution in [2.75, 3.05) is 20.2 Å². The van der Waals surface area contributed by atoms with E-state index in [-0.39, 0.29) is 17.6 Å². The quantitative estimate of drug-likeness (QED) is 0.825. The van der Waals surface area contributed by atoms with Gasteiger partial charge in [0.2, 0.25) is 5.91 Å². The number of aryl methyl sites for hydroxylation is 1. The van der Waals surface area contributed by atoms with Crippen molar-refractivity contribution in [3.8, 4) is 5.75 Å². The molecule has 2 N–H and O–H groups in total. The maximum Gasteiger partial charge on any atom is 0.244 e. The molecule has 1 saturated heterocycles. The number of piperidine rings is 1. The molecule has 0 bridgehead atoms. The van der Waals surface area contributed by atoms with Gasteiger partial charge in [-0.1, -0.05) is 29.8 Å². The summed E-state index contributed by atoms with van der Waals surface area (Å²) < 4.78 is 5.13. The standard InChI is InChI=1S/C22H26N2O3/c1-15-3-5-16(6-4-15)20(23)22(26)24-13-11-18(12-14-24)21(25)17-7-9-19(27-2)10-8-17/h3-10,18,20H,11-14,23H2,1-2H3. The van der Waals surface area contributed by atoms with Crippen molar-refractivity contribution in [1.29, 1.82) is 0 Å². The fourth-order valence-electron chi connectivity index (χ4n) is 3.47. The molecule has 1 fully saturated rings. The highest BCUT2D eigenvalue weighted by Gasteiger charge is 2.30. The minimum Gasteiger partial charge on any atom is -0.497 e. The highest BCUT2D eigenvalue weighted by atomic mass is 16.5. The number of hydrogen-bond donors (Lipinski definition) is 1. The van der Waals surface area contributed by atoms with Crippen LogP contribution in [0.15, 0.2) is 48.5 Å². The number of nitrogens with zero attached hydrogens (tertiary/aromatic N) is 1. The number of rotatable bonds is 5. The maximum atomic E-state index is 12.7. The van der Waals surface area contributed by atoms with Crippen molar-refractivity contribution >= 4 is 11.7 Å². The van der Waals surface area contributed by atoms with Crippen LogP contribution in [0.25, 0.3) is 0 Å². The molecule has 27 heavy (non-hydrogen) atoms. The lowest BCUT2D eigenvalue weighted by Gasteiger charge is -2.33. The molecule has 1 amide bonds. The van der Waals surface area contributed by atoms with Crippen molar-refractivity contribution in [2.45, 2.75) is 25.8 Å². The number of benzene rings is 2. The first-order chi connectivity index (χ1) is 13.0. The number of ether oxygens (including phenoxy) is 1. The number of hydrogen-bond acceptors (Lipinski definition) is 4. The second-order valence-electron chi connectivity index (χ2n) is 7.08. The predicted octanol–water partition coefficient (Wildman–Crippen LogP) is 3.12. The molecule has 0 radical (unpaired) electrons. The zero-order valence-corrected chi connectivity index (χ0v) is 15.9. The summed E-state index contributed by atoms with van der Waals surface area (Å²) in [4.78, 5) is 27.2. The van der Waals surface area contributed by atoms with Gasteiger partial charge >= 0.3 is 0 Å². The minimum absolute atomic E-state index is 0.0574. The number of carbonyl (C=O) groups is 2. The molecule has 142 valence electrons. The lowest BCUT2D eigenvalue weighted by molar-refractivity contribution is -0.134. The van der Waals surface area contributed by atoms with Crippen LogP contribution in [-0.2, 0) is 4.79 Å². The third-order valence-electron chi connectivity index (χ3n) is 5.25. The summed E-state index contributed by atoms with van der Waals surface area (Å²) in [6.45, 7) is 3.12. The van der Waals surface area contributed by atoms with Gasteiger partial charge in [-0.2, -0.15) is 0 Å². The molecule has 0 spiro atoms. The fraction of sp³-hybridized carbons (Fsp3) is 0.364. The predicted molar refractivity (Wildman–Crippen MR) is 105 cm³/mol. The lowest BCUT2D eigenvalue weighted by Crippen LogP contribution is -2.44. The summed E-state index contributed by atoms with van der Waals surface area (Å²) in [5.74, 6) is 0.733. The molecule has 1 unspecified atom stereocenters. The summed E-state index contributed by atoms with van der Waals surface area (Å²) >= 11 is 0. The van der Waals surface area contributed by atoms with E-state index < -0.39 is 6.04 Å². The van der Waals surface area contributed by atoms with E-state index >= 15 is 0 Å². The monoisotopic (exact) mass is 366 g/mol. The van der Waals surface area contributed by atoms with Gasteiger partial charge in [-0.3, -0.25) is 9.59 Å². The Hall–Kier alpha value is -2.66. The summed E-state index contributed by atoms with van der Waals surface area (Å²) in [7, 11) is 1.60. The van der Waals surface area contributed by atoms with Crippen molar-refractivity contribution in [3.05, 3.63) is 65.2 Å². The average Bonchev–Trinajstić information content (AvgIpc) is 2.73. The third kappa shape index (κ3) is 4.37. The molecular weight excluding hydrogens is 340 g/mol. The molecular formula is C22H26N2O3. The second kappa shape index (κ2) is 8.35. The number of amides is 1. The molecule has 0 aliphatic carbocycles. The third-order valence-corrected chi connectivity index (χ3v) is 5.25. The zero-order chi connectivity index (χ0) is 19.4. The van der Waals surface area contributed by atoms with E-state index in [4.69, 9.17) is 10.5 Å². The first-order valence-electron chi connectivity index (χ1n) is 9.29. The van der Waals surface area contributed by atoms with Crippen LogP contribution in [0.5, 0.6) is 5.75 Å². The smallest absolute Gasteiger partial charge is 0.244 e. The molecule has 3 rings (SSSR count). The number of methoxy groups -OCH3 is 1. The van der Waals surface area contributed by atoms with Crippen LogP contribution in [0.2, 0.25) is 0 Å². The largest absolute Gasteiger partial charge is 0.497 e. The van der Waals surface area contributed by atoms with E-state index in [1.165, 1.54) is 0 Å². The molecule has 5 heteroatoms. The molecule has 2 aromatic rings. The van der Waals surface area contributed by atoms with Crippen LogP contribution < -0.4 is 10.5 Å². The average molecular weight is 366 g/mol. The lowest BCUT2D eigenvalue weighted by atomic mass is 9.88. The minimum atomic E-state index is -0.653. The second-order valence-corrected chi connectivity index (χ2v) is 7.08. The molecule has 5 nitrogen and oxygen atoms in total. The number of Topliss-reactive ketones (excluding diaryl/α,β-unsaturated/α-hetero) is 1. The van der Waals surface area contributed by atoms with Gasteiger partial charge in [0.1, 0.15) is 11.8 Å². The van der Waals surface area contributed by atoms with Gasteiger partial charge in [0.05, 0.1) is 7.11 Å². The van der Waals surface area contributed by atoms with Crippen molar-refractivity contribution in [2.24, 2.45) is 11.7 Å². The first kappa shape index (κ1) is 19.1. The number of nitrogens with two attached hydrogens (primary N) is 1. The van der Waals surface area contributed by atoms with E-state index in [0.717, 1.165) is 16.9 Å². The summed E-state index contributed by atoms with van der Waals surface area (Å²) in [6, 6.07) is 14.3. The Morgan fingerprint density at radius 1 is 1.04 bits per heavy atom. The number of carbonyl (C=O) groups excluding carboxylic acids is 2. The maximum absolute atomic E-state index is 12.7. The Balaban J connectivity index is 1.58. The summed E-state index contributed by atoms with van der Waals surface area (Å²) in [5.41, 5.74) is 8.81. The van der Waals surface area contributed by atoms with Crippen molar-refractivity contribution in [1.82, 2.24) is 4.90 Å². The van der Waals surface area contributed by atoms with Gasteiger partial charge in [-0.15, -0.1) is 0 Å². The Labute approximate surface area is 160 Å². The number of likely N-dealkylation sites (tertiary alicyclic amines) is 1. The molecule has 1 atom stereocenters. The van der Waals surface area contributed by atoms with Gasteiger partial charge in [0.25, 0.3) is 0 Å². The molecule has 1 heterocycles. The van der Waals surface area contributed by atoms with E-state index in [1.807, 2.05) is 31.2 Å². The van der Waals surface area contributed by atoms with Crippen LogP contribution in [0, 0.1) is 12.8 Å². The van der Waals surface area contributed by atoms with Crippen molar-refractivity contribution in [3.63, 3.8) is 0 Å². The Bertz CT molecular complexity index is 791. The van der Waals surface area contributed by atoms with E-state index in [9.17, 15) is 9.59 Å². The summed E-state index contributed by atoms with van der Waals surface area (Å²) in [5, 5.41) is 0. The van der Waals surface area contributed by atoms with Crippen LogP contribution in [0.3, 0.4) is 0 Å². The first-order valence-corrected chi connectivity index (χ1v) is 9.29. The van der Waals surface area contributed by atoms with Gasteiger partial charge in [-0.25, -0.2) is 0 Å². The fourth-order valence-corrected chi connectivity index (χ4v) is 3.47. The number of ketones is 1. The van der Waals surface area contributed by atoms with Gasteiger partial charge < -0.3 is 15.4 Å². The van der Waals surface area contributed by atoms with Crippen LogP contribution in [-0.4, -0.2) is 36.8 Å². The van der Waals surface area contributed by atoms with Gasteiger partial charge in [-0.05, 0) is 49.6 Å². The van der Waals surface area contributed by atoms with Crippen LogP contribution in [0.1, 0.15) is 40.4 Å². The Kier molecular flexibility index (Phi) is 5.91. The summed E-state index contributed by atoms with van der Waals surface area (Å²) in [6.07, 6.45) is 1.33.